The first-order chi connectivity index (χ1) is 12.6. The van der Waals surface area contributed by atoms with Gasteiger partial charge in [-0.1, -0.05) is 0 Å². The molecule has 26 heavy (non-hydrogen) atoms. The average Bonchev–Trinajstić information content (AvgIpc) is 3.17. The molecule has 0 saturated carbocycles. The van der Waals surface area contributed by atoms with Gasteiger partial charge in [-0.05, 0) is 37.7 Å². The minimum Gasteiger partial charge on any atom is -0.354 e. The third kappa shape index (κ3) is 3.50. The fourth-order valence-corrected chi connectivity index (χ4v) is 5.48. The Balaban J connectivity index is 1.35. The number of nitrogens with zero attached hydrogens (tertiary/aromatic N) is 1. The molecule has 2 amide bonds. The molecular weight excluding hydrogens is 372 g/mol. The lowest BCUT2D eigenvalue weighted by molar-refractivity contribution is -0.129. The van der Waals surface area contributed by atoms with E-state index in [9.17, 15) is 14.4 Å². The van der Waals surface area contributed by atoms with Gasteiger partial charge in [0.15, 0.2) is 0 Å². The first kappa shape index (κ1) is 17.5. The van der Waals surface area contributed by atoms with E-state index in [-0.39, 0.29) is 23.1 Å². The number of amides is 2. The van der Waals surface area contributed by atoms with Crippen molar-refractivity contribution in [2.45, 2.75) is 43.9 Å². The average molecular weight is 393 g/mol. The maximum atomic E-state index is 12.4. The number of hydrogen-bond acceptors (Lipinski definition) is 6. The first-order valence-corrected chi connectivity index (χ1v) is 10.8. The van der Waals surface area contributed by atoms with Crippen LogP contribution in [0, 0.1) is 0 Å². The molecule has 1 atom stereocenters. The quantitative estimate of drug-likeness (QED) is 0.707. The Hall–Kier alpha value is -1.87. The van der Waals surface area contributed by atoms with Gasteiger partial charge in [-0.2, -0.15) is 0 Å². The number of aryl methyl sites for hydroxylation is 2. The number of thiophene rings is 1. The lowest BCUT2D eigenvalue weighted by Crippen LogP contribution is -2.50. The van der Waals surface area contributed by atoms with Crippen molar-refractivity contribution >= 4 is 45.1 Å². The van der Waals surface area contributed by atoms with Gasteiger partial charge in [0.25, 0.3) is 5.56 Å². The largest absolute Gasteiger partial charge is 0.354 e. The second-order valence-electron chi connectivity index (χ2n) is 6.60. The Kier molecular flexibility index (Phi) is 4.99. The summed E-state index contributed by atoms with van der Waals surface area (Å²) in [5, 5.41) is 6.26. The van der Waals surface area contributed by atoms with E-state index in [0.29, 0.717) is 24.5 Å². The van der Waals surface area contributed by atoms with Gasteiger partial charge in [0, 0.05) is 11.4 Å². The first-order valence-electron chi connectivity index (χ1n) is 8.80. The number of aromatic nitrogens is 2. The Morgan fingerprint density at radius 2 is 2.19 bits per heavy atom. The summed E-state index contributed by atoms with van der Waals surface area (Å²) in [4.78, 5) is 45.6. The van der Waals surface area contributed by atoms with Crippen molar-refractivity contribution in [2.24, 2.45) is 0 Å². The molecule has 0 radical (unpaired) electrons. The molecule has 1 unspecified atom stereocenters. The Morgan fingerprint density at radius 1 is 1.31 bits per heavy atom. The molecule has 138 valence electrons. The predicted octanol–water partition coefficient (Wildman–Crippen LogP) is 1.10. The summed E-state index contributed by atoms with van der Waals surface area (Å²) in [5.41, 5.74) is 1.09. The van der Waals surface area contributed by atoms with Crippen LogP contribution in [0.15, 0.2) is 4.79 Å². The third-order valence-electron chi connectivity index (χ3n) is 4.72. The topological polar surface area (TPSA) is 104 Å². The summed E-state index contributed by atoms with van der Waals surface area (Å²) in [6, 6.07) is -0.431. The zero-order valence-corrected chi connectivity index (χ0v) is 15.9. The van der Waals surface area contributed by atoms with Gasteiger partial charge in [0.1, 0.15) is 16.7 Å². The van der Waals surface area contributed by atoms with E-state index >= 15 is 0 Å². The van der Waals surface area contributed by atoms with Crippen LogP contribution < -0.4 is 16.2 Å². The van der Waals surface area contributed by atoms with Crippen LogP contribution in [-0.4, -0.2) is 40.1 Å². The minimum absolute atomic E-state index is 0.0756. The molecule has 2 aliphatic rings. The van der Waals surface area contributed by atoms with E-state index in [4.69, 9.17) is 0 Å². The molecule has 1 fully saturated rings. The molecule has 1 saturated heterocycles. The number of rotatable bonds is 5. The molecule has 2 aromatic rings. The molecule has 3 N–H and O–H groups in total. The van der Waals surface area contributed by atoms with Crippen molar-refractivity contribution in [1.82, 2.24) is 20.6 Å². The fraction of sp³-hybridized carbons (Fsp3) is 0.529. The van der Waals surface area contributed by atoms with Crippen molar-refractivity contribution in [1.29, 1.82) is 0 Å². The molecule has 0 aromatic carbocycles. The molecule has 7 nitrogen and oxygen atoms in total. The van der Waals surface area contributed by atoms with Crippen LogP contribution in [0.1, 0.15) is 35.5 Å². The number of H-pyrrole nitrogens is 1. The Bertz CT molecular complexity index is 921. The van der Waals surface area contributed by atoms with Gasteiger partial charge in [-0.15, -0.1) is 23.1 Å². The monoisotopic (exact) mass is 392 g/mol. The van der Waals surface area contributed by atoms with E-state index in [1.165, 1.54) is 22.2 Å². The van der Waals surface area contributed by atoms with Crippen LogP contribution in [0.3, 0.4) is 0 Å². The van der Waals surface area contributed by atoms with Crippen molar-refractivity contribution in [2.75, 3.05) is 12.3 Å². The summed E-state index contributed by atoms with van der Waals surface area (Å²) in [6.45, 7) is 0.674. The molecule has 1 aliphatic heterocycles. The molecule has 3 heterocycles. The number of piperidine rings is 1. The van der Waals surface area contributed by atoms with E-state index in [2.05, 4.69) is 20.6 Å². The highest BCUT2D eigenvalue weighted by Crippen LogP contribution is 2.34. The van der Waals surface area contributed by atoms with Gasteiger partial charge in [-0.25, -0.2) is 4.98 Å². The number of aromatic amines is 1. The summed E-state index contributed by atoms with van der Waals surface area (Å²) in [5.74, 6) is 0.993. The summed E-state index contributed by atoms with van der Waals surface area (Å²) < 4.78 is 0. The molecular formula is C17H20N4O3S2. The second kappa shape index (κ2) is 7.40. The molecule has 4 rings (SSSR count). The highest BCUT2D eigenvalue weighted by molar-refractivity contribution is 7.99. The highest BCUT2D eigenvalue weighted by atomic mass is 32.2. The van der Waals surface area contributed by atoms with Gasteiger partial charge < -0.3 is 15.6 Å². The zero-order valence-electron chi connectivity index (χ0n) is 14.2. The second-order valence-corrected chi connectivity index (χ2v) is 8.67. The fourth-order valence-electron chi connectivity index (χ4n) is 3.50. The molecule has 0 spiro atoms. The Labute approximate surface area is 158 Å². The van der Waals surface area contributed by atoms with Crippen molar-refractivity contribution in [3.63, 3.8) is 0 Å². The number of nitrogens with one attached hydrogen (secondary N) is 3. The van der Waals surface area contributed by atoms with E-state index in [1.807, 2.05) is 0 Å². The summed E-state index contributed by atoms with van der Waals surface area (Å²) in [7, 11) is 0. The van der Waals surface area contributed by atoms with Crippen LogP contribution in [0.5, 0.6) is 0 Å². The predicted molar refractivity (Wildman–Crippen MR) is 103 cm³/mol. The lowest BCUT2D eigenvalue weighted by Gasteiger charge is -2.22. The van der Waals surface area contributed by atoms with E-state index in [1.54, 1.807) is 11.3 Å². The normalized spacial score (nSPS) is 19.4. The highest BCUT2D eigenvalue weighted by Gasteiger charge is 2.24. The van der Waals surface area contributed by atoms with Crippen LogP contribution in [0.4, 0.5) is 0 Å². The molecule has 2 aromatic heterocycles. The van der Waals surface area contributed by atoms with Crippen molar-refractivity contribution in [3.05, 3.63) is 26.6 Å². The number of fused-ring (bicyclic) bond motifs is 3. The maximum absolute atomic E-state index is 12.4. The standard InChI is InChI=1S/C17H20N4O3S2/c22-13(19-10-4-2-6-18-15(10)23)8-25-7-12-20-16(24)14-9-3-1-5-11(9)26-17(14)21-12/h10H,1-8H2,(H,18,23)(H,19,22)(H,20,21,24). The smallest absolute Gasteiger partial charge is 0.259 e. The third-order valence-corrected chi connectivity index (χ3v) is 6.85. The van der Waals surface area contributed by atoms with Crippen molar-refractivity contribution < 1.29 is 9.59 Å². The van der Waals surface area contributed by atoms with Crippen LogP contribution in [0.2, 0.25) is 0 Å². The number of carbonyl (C=O) groups is 2. The van der Waals surface area contributed by atoms with Gasteiger partial charge in [0.05, 0.1) is 16.9 Å². The number of hydrogen-bond donors (Lipinski definition) is 3. The number of thioether (sulfide) groups is 1. The van der Waals surface area contributed by atoms with Crippen LogP contribution in [0.25, 0.3) is 10.2 Å². The maximum Gasteiger partial charge on any atom is 0.259 e. The summed E-state index contributed by atoms with van der Waals surface area (Å²) in [6.07, 6.45) is 4.66. The van der Waals surface area contributed by atoms with Gasteiger partial charge >= 0.3 is 0 Å². The number of carbonyl (C=O) groups excluding carboxylic acids is 2. The van der Waals surface area contributed by atoms with Crippen LogP contribution >= 0.6 is 23.1 Å². The van der Waals surface area contributed by atoms with Crippen molar-refractivity contribution in [3.8, 4) is 0 Å². The summed E-state index contributed by atoms with van der Waals surface area (Å²) >= 11 is 2.99. The Morgan fingerprint density at radius 3 is 3.04 bits per heavy atom. The lowest BCUT2D eigenvalue weighted by atomic mass is 10.1. The van der Waals surface area contributed by atoms with Gasteiger partial charge in [0.2, 0.25) is 11.8 Å². The van der Waals surface area contributed by atoms with E-state index < -0.39 is 6.04 Å². The minimum atomic E-state index is -0.431. The van der Waals surface area contributed by atoms with Gasteiger partial charge in [-0.3, -0.25) is 14.4 Å². The zero-order chi connectivity index (χ0) is 18.1. The molecule has 0 bridgehead atoms. The van der Waals surface area contributed by atoms with E-state index in [0.717, 1.165) is 35.9 Å². The molecule has 1 aliphatic carbocycles. The SMILES string of the molecule is O=C(CSCc1nc2sc3c(c2c(=O)[nH]1)CCC3)NC1CCCNC1=O. The molecule has 9 heteroatoms. The van der Waals surface area contributed by atoms with Crippen LogP contribution in [-0.2, 0) is 28.2 Å².